The number of carbonyl (C=O) groups excluding carboxylic acids is 1. The van der Waals surface area contributed by atoms with Crippen molar-refractivity contribution in [2.24, 2.45) is 5.92 Å². The number of rotatable bonds is 3. The van der Waals surface area contributed by atoms with Crippen LogP contribution in [0.2, 0.25) is 0 Å². The highest BCUT2D eigenvalue weighted by Crippen LogP contribution is 2.24. The summed E-state index contributed by atoms with van der Waals surface area (Å²) in [5.74, 6) is 1.13. The quantitative estimate of drug-likeness (QED) is 0.633. The molecule has 0 spiro atoms. The molecule has 0 saturated heterocycles. The summed E-state index contributed by atoms with van der Waals surface area (Å²) in [6.07, 6.45) is 11.0. The minimum Gasteiger partial charge on any atom is -0.300 e. The smallest absolute Gasteiger partial charge is 0.133 e. The monoisotopic (exact) mass is 208 g/mol. The molecular formula is C14H24O. The molecule has 1 rings (SSSR count). The first-order valence-corrected chi connectivity index (χ1v) is 6.39. The summed E-state index contributed by atoms with van der Waals surface area (Å²) in [4.78, 5) is 11.6. The van der Waals surface area contributed by atoms with Gasteiger partial charge in [0, 0.05) is 12.8 Å². The second kappa shape index (κ2) is 6.81. The topological polar surface area (TPSA) is 17.1 Å². The van der Waals surface area contributed by atoms with E-state index < -0.39 is 0 Å². The molecule has 86 valence electrons. The van der Waals surface area contributed by atoms with Crippen molar-refractivity contribution in [2.45, 2.75) is 65.2 Å². The van der Waals surface area contributed by atoms with Crippen molar-refractivity contribution < 1.29 is 4.79 Å². The van der Waals surface area contributed by atoms with Gasteiger partial charge in [0.1, 0.15) is 5.78 Å². The number of hydrogen-bond acceptors (Lipinski definition) is 1. The van der Waals surface area contributed by atoms with Gasteiger partial charge < -0.3 is 0 Å². The number of carbonyl (C=O) groups is 1. The molecule has 1 aliphatic carbocycles. The van der Waals surface area contributed by atoms with E-state index in [9.17, 15) is 4.79 Å². The lowest BCUT2D eigenvalue weighted by Gasteiger charge is -2.14. The van der Waals surface area contributed by atoms with E-state index in [1.807, 2.05) is 0 Å². The van der Waals surface area contributed by atoms with Gasteiger partial charge in [-0.1, -0.05) is 37.8 Å². The maximum Gasteiger partial charge on any atom is 0.133 e. The molecule has 0 fully saturated rings. The third-order valence-corrected chi connectivity index (χ3v) is 3.35. The maximum atomic E-state index is 11.6. The normalized spacial score (nSPS) is 27.5. The first-order chi connectivity index (χ1) is 7.22. The molecule has 0 N–H and O–H groups in total. The fourth-order valence-electron chi connectivity index (χ4n) is 2.28. The lowest BCUT2D eigenvalue weighted by Crippen LogP contribution is -2.08. The van der Waals surface area contributed by atoms with Gasteiger partial charge in [0.25, 0.3) is 0 Å². The van der Waals surface area contributed by atoms with Crippen molar-refractivity contribution in [3.63, 3.8) is 0 Å². The minimum atomic E-state index is 0.474. The number of Topliss-reactive ketones (excluding diaryl/α,β-unsaturated/α-hetero) is 1. The Hall–Kier alpha value is -0.590. The molecule has 0 aromatic carbocycles. The molecule has 1 aliphatic rings. The highest BCUT2D eigenvalue weighted by atomic mass is 16.1. The predicted molar refractivity (Wildman–Crippen MR) is 64.9 cm³/mol. The molecule has 15 heavy (non-hydrogen) atoms. The summed E-state index contributed by atoms with van der Waals surface area (Å²) >= 11 is 0. The molecule has 0 heterocycles. The Balaban J connectivity index is 2.47. The van der Waals surface area contributed by atoms with Crippen LogP contribution < -0.4 is 0 Å². The lowest BCUT2D eigenvalue weighted by atomic mass is 9.90. The van der Waals surface area contributed by atoms with Gasteiger partial charge in [-0.05, 0) is 32.1 Å². The minimum absolute atomic E-state index is 0.474. The van der Waals surface area contributed by atoms with Gasteiger partial charge in [-0.15, -0.1) is 0 Å². The van der Waals surface area contributed by atoms with Crippen LogP contribution in [-0.4, -0.2) is 5.78 Å². The van der Waals surface area contributed by atoms with Gasteiger partial charge in [0.05, 0.1) is 0 Å². The van der Waals surface area contributed by atoms with Gasteiger partial charge in [-0.2, -0.15) is 0 Å². The molecule has 0 aliphatic heterocycles. The van der Waals surface area contributed by atoms with Crippen molar-refractivity contribution in [3.05, 3.63) is 11.6 Å². The molecule has 0 aromatic rings. The van der Waals surface area contributed by atoms with Crippen molar-refractivity contribution in [1.29, 1.82) is 0 Å². The van der Waals surface area contributed by atoms with E-state index in [0.29, 0.717) is 11.7 Å². The molecule has 0 aromatic heterocycles. The zero-order valence-corrected chi connectivity index (χ0v) is 10.2. The van der Waals surface area contributed by atoms with Crippen molar-refractivity contribution >= 4 is 5.78 Å². The van der Waals surface area contributed by atoms with E-state index in [0.717, 1.165) is 19.3 Å². The van der Waals surface area contributed by atoms with E-state index in [1.54, 1.807) is 0 Å². The fraction of sp³-hybridized carbons (Fsp3) is 0.786. The first-order valence-electron chi connectivity index (χ1n) is 6.39. The number of hydrogen-bond donors (Lipinski definition) is 0. The van der Waals surface area contributed by atoms with Gasteiger partial charge in [-0.25, -0.2) is 0 Å². The fourth-order valence-corrected chi connectivity index (χ4v) is 2.28. The summed E-state index contributed by atoms with van der Waals surface area (Å²) in [5, 5.41) is 0. The summed E-state index contributed by atoms with van der Waals surface area (Å²) in [6, 6.07) is 0. The molecule has 1 nitrogen and oxygen atoms in total. The first kappa shape index (κ1) is 12.5. The molecule has 0 radical (unpaired) electrons. The van der Waals surface area contributed by atoms with Crippen molar-refractivity contribution in [3.8, 4) is 0 Å². The van der Waals surface area contributed by atoms with E-state index in [1.165, 1.54) is 37.7 Å². The Morgan fingerprint density at radius 2 is 2.20 bits per heavy atom. The summed E-state index contributed by atoms with van der Waals surface area (Å²) in [6.45, 7) is 4.43. The van der Waals surface area contributed by atoms with Gasteiger partial charge in [-0.3, -0.25) is 4.79 Å². The largest absolute Gasteiger partial charge is 0.300 e. The Labute approximate surface area is 93.9 Å². The van der Waals surface area contributed by atoms with E-state index in [4.69, 9.17) is 0 Å². The van der Waals surface area contributed by atoms with Crippen LogP contribution in [0.4, 0.5) is 0 Å². The zero-order valence-electron chi connectivity index (χ0n) is 10.2. The molecular weight excluding hydrogens is 184 g/mol. The second-order valence-electron chi connectivity index (χ2n) is 4.88. The molecule has 0 amide bonds. The zero-order chi connectivity index (χ0) is 11.1. The van der Waals surface area contributed by atoms with Crippen LogP contribution in [0.1, 0.15) is 65.2 Å². The number of unbranched alkanes of at least 4 members (excludes halogenated alkanes) is 1. The number of ketones is 1. The molecule has 1 heteroatoms. The average molecular weight is 208 g/mol. The SMILES string of the molecule is CCCCC1CC/C(C)=C/CCC(=O)C1. The highest BCUT2D eigenvalue weighted by molar-refractivity contribution is 5.78. The predicted octanol–water partition coefficient (Wildman–Crippen LogP) is 4.27. The molecule has 0 bridgehead atoms. The van der Waals surface area contributed by atoms with Crippen LogP contribution in [-0.2, 0) is 4.79 Å². The molecule has 1 unspecified atom stereocenters. The van der Waals surface area contributed by atoms with Crippen molar-refractivity contribution in [1.82, 2.24) is 0 Å². The second-order valence-corrected chi connectivity index (χ2v) is 4.88. The Bertz CT molecular complexity index is 227. The highest BCUT2D eigenvalue weighted by Gasteiger charge is 2.14. The maximum absolute atomic E-state index is 11.6. The third kappa shape index (κ3) is 5.15. The van der Waals surface area contributed by atoms with Crippen LogP contribution in [0.5, 0.6) is 0 Å². The Morgan fingerprint density at radius 1 is 1.40 bits per heavy atom. The van der Waals surface area contributed by atoms with E-state index in [-0.39, 0.29) is 0 Å². The summed E-state index contributed by atoms with van der Waals surface area (Å²) in [7, 11) is 0. The standard InChI is InChI=1S/C14H24O/c1-3-4-7-13-10-9-12(2)6-5-8-14(15)11-13/h6,13H,3-5,7-11H2,1-2H3/b12-6+. The third-order valence-electron chi connectivity index (χ3n) is 3.35. The van der Waals surface area contributed by atoms with Crippen LogP contribution in [0.15, 0.2) is 11.6 Å². The van der Waals surface area contributed by atoms with Crippen LogP contribution in [0.25, 0.3) is 0 Å². The summed E-state index contributed by atoms with van der Waals surface area (Å²) < 4.78 is 0. The Kier molecular flexibility index (Phi) is 5.67. The molecule has 0 saturated carbocycles. The number of allylic oxidation sites excluding steroid dienone is 2. The lowest BCUT2D eigenvalue weighted by molar-refractivity contribution is -0.120. The van der Waals surface area contributed by atoms with Gasteiger partial charge >= 0.3 is 0 Å². The van der Waals surface area contributed by atoms with Crippen LogP contribution in [0.3, 0.4) is 0 Å². The van der Waals surface area contributed by atoms with Gasteiger partial charge in [0.2, 0.25) is 0 Å². The van der Waals surface area contributed by atoms with E-state index >= 15 is 0 Å². The molecule has 1 atom stereocenters. The summed E-state index contributed by atoms with van der Waals surface area (Å²) in [5.41, 5.74) is 1.48. The average Bonchev–Trinajstić information content (AvgIpc) is 2.28. The van der Waals surface area contributed by atoms with Crippen molar-refractivity contribution in [2.75, 3.05) is 0 Å². The van der Waals surface area contributed by atoms with Gasteiger partial charge in [0.15, 0.2) is 0 Å². The van der Waals surface area contributed by atoms with Crippen LogP contribution in [0, 0.1) is 5.92 Å². The van der Waals surface area contributed by atoms with E-state index in [2.05, 4.69) is 19.9 Å². The Morgan fingerprint density at radius 3 is 2.93 bits per heavy atom. The van der Waals surface area contributed by atoms with Crippen LogP contribution >= 0.6 is 0 Å².